The zero-order chi connectivity index (χ0) is 19.1. The van der Waals surface area contributed by atoms with E-state index in [1.54, 1.807) is 6.20 Å². The number of H-pyrrole nitrogens is 1. The van der Waals surface area contributed by atoms with Gasteiger partial charge >= 0.3 is 0 Å². The first kappa shape index (κ1) is 26.1. The molecule has 156 valence electrons. The molecule has 3 nitrogen and oxygen atoms in total. The van der Waals surface area contributed by atoms with E-state index in [-0.39, 0.29) is 17.0 Å². The van der Waals surface area contributed by atoms with Gasteiger partial charge in [0.25, 0.3) is 0 Å². The molecule has 0 aliphatic heterocycles. The molecule has 0 radical (unpaired) electrons. The number of pyridine rings is 1. The van der Waals surface area contributed by atoms with Crippen molar-refractivity contribution < 1.29 is 21.5 Å². The number of nitrogens with zero attached hydrogens (tertiary/aromatic N) is 2. The smallest absolute Gasteiger partial charge is 0.0786 e. The average Bonchev–Trinajstić information content (AvgIpc) is 3.16. The van der Waals surface area contributed by atoms with Gasteiger partial charge in [0.1, 0.15) is 0 Å². The van der Waals surface area contributed by atoms with E-state index in [9.17, 15) is 0 Å². The minimum Gasteiger partial charge on any atom is -1.00 e. The molecule has 0 bridgehead atoms. The van der Waals surface area contributed by atoms with Crippen molar-refractivity contribution in [1.29, 1.82) is 0 Å². The number of quaternary nitrogens is 1. The van der Waals surface area contributed by atoms with Crippen LogP contribution in [0.4, 0.5) is 0 Å². The molecule has 0 saturated carbocycles. The molecule has 4 heteroatoms. The first-order valence-corrected chi connectivity index (χ1v) is 10.9. The van der Waals surface area contributed by atoms with Crippen LogP contribution in [-0.2, 0) is 0 Å². The molecule has 0 spiro atoms. The summed E-state index contributed by atoms with van der Waals surface area (Å²) in [5.74, 6) is 0. The topological polar surface area (TPSA) is 28.7 Å². The van der Waals surface area contributed by atoms with Crippen molar-refractivity contribution in [3.05, 3.63) is 30.7 Å². The Kier molecular flexibility index (Phi) is 15.6. The zero-order valence-corrected chi connectivity index (χ0v) is 19.7. The number of hydrogen-bond donors (Lipinski definition) is 1. The van der Waals surface area contributed by atoms with Gasteiger partial charge in [0.15, 0.2) is 0 Å². The molecule has 0 fully saturated rings. The monoisotopic (exact) mass is 439 g/mol. The maximum Gasteiger partial charge on any atom is 0.0786 e. The highest BCUT2D eigenvalue weighted by Gasteiger charge is 2.24. The van der Waals surface area contributed by atoms with Crippen LogP contribution in [0.1, 0.15) is 79.1 Å². The largest absolute Gasteiger partial charge is 1.00 e. The van der Waals surface area contributed by atoms with Crippen molar-refractivity contribution in [3.8, 4) is 0 Å². The Morgan fingerprint density at radius 2 is 1.26 bits per heavy atom. The SMILES string of the molecule is CCCC[N+](CCCC)(CCCC)CCCC.[Br-].c1cc2cc[nH]c2cn1. The molecular formula is C23H42BrN3. The Morgan fingerprint density at radius 3 is 1.67 bits per heavy atom. The van der Waals surface area contributed by atoms with Crippen molar-refractivity contribution in [2.45, 2.75) is 79.1 Å². The number of rotatable bonds is 12. The molecule has 1 N–H and O–H groups in total. The molecule has 0 aliphatic rings. The van der Waals surface area contributed by atoms with Crippen LogP contribution in [0.25, 0.3) is 10.9 Å². The van der Waals surface area contributed by atoms with E-state index in [0.29, 0.717) is 0 Å². The molecular weight excluding hydrogens is 398 g/mol. The Balaban J connectivity index is 0.000000560. The Labute approximate surface area is 178 Å². The van der Waals surface area contributed by atoms with Gasteiger partial charge in [-0.2, -0.15) is 0 Å². The van der Waals surface area contributed by atoms with Crippen molar-refractivity contribution in [1.82, 2.24) is 9.97 Å². The van der Waals surface area contributed by atoms with Crippen LogP contribution >= 0.6 is 0 Å². The van der Waals surface area contributed by atoms with Crippen molar-refractivity contribution in [2.24, 2.45) is 0 Å². The first-order chi connectivity index (χ1) is 12.7. The minimum atomic E-state index is 0. The number of nitrogens with one attached hydrogen (secondary N) is 1. The minimum absolute atomic E-state index is 0. The van der Waals surface area contributed by atoms with Crippen molar-refractivity contribution in [2.75, 3.05) is 26.2 Å². The molecule has 0 amide bonds. The summed E-state index contributed by atoms with van der Waals surface area (Å²) in [5.41, 5.74) is 1.09. The third-order valence-corrected chi connectivity index (χ3v) is 5.30. The van der Waals surface area contributed by atoms with Crippen LogP contribution in [0.5, 0.6) is 0 Å². The predicted octanol–water partition coefficient (Wildman–Crippen LogP) is 3.57. The molecule has 0 aromatic carbocycles. The lowest BCUT2D eigenvalue weighted by Gasteiger charge is -2.39. The van der Waals surface area contributed by atoms with Crippen LogP contribution in [-0.4, -0.2) is 40.6 Å². The molecule has 2 rings (SSSR count). The number of hydrogen-bond acceptors (Lipinski definition) is 1. The summed E-state index contributed by atoms with van der Waals surface area (Å²) < 4.78 is 1.42. The van der Waals surface area contributed by atoms with Crippen LogP contribution in [0.15, 0.2) is 30.7 Å². The van der Waals surface area contributed by atoms with Gasteiger partial charge < -0.3 is 26.4 Å². The second-order valence-corrected chi connectivity index (χ2v) is 7.59. The van der Waals surface area contributed by atoms with Gasteiger partial charge in [-0.05, 0) is 37.8 Å². The molecule has 0 saturated heterocycles. The van der Waals surface area contributed by atoms with Crippen molar-refractivity contribution >= 4 is 10.9 Å². The van der Waals surface area contributed by atoms with Crippen LogP contribution in [0, 0.1) is 0 Å². The van der Waals surface area contributed by atoms with E-state index in [4.69, 9.17) is 0 Å². The van der Waals surface area contributed by atoms with Gasteiger partial charge in [0.05, 0.1) is 37.9 Å². The summed E-state index contributed by atoms with van der Waals surface area (Å²) in [6, 6.07) is 4.00. The third-order valence-electron chi connectivity index (χ3n) is 5.30. The molecule has 0 atom stereocenters. The van der Waals surface area contributed by atoms with E-state index in [2.05, 4.69) is 37.7 Å². The van der Waals surface area contributed by atoms with E-state index in [1.807, 2.05) is 24.5 Å². The predicted molar refractivity (Wildman–Crippen MR) is 115 cm³/mol. The molecule has 2 heterocycles. The van der Waals surface area contributed by atoms with E-state index < -0.39 is 0 Å². The molecule has 27 heavy (non-hydrogen) atoms. The number of unbranched alkanes of at least 4 members (excludes halogenated alkanes) is 4. The van der Waals surface area contributed by atoms with E-state index in [0.717, 1.165) is 5.52 Å². The summed E-state index contributed by atoms with van der Waals surface area (Å²) in [6.45, 7) is 15.0. The highest BCUT2D eigenvalue weighted by molar-refractivity contribution is 5.77. The highest BCUT2D eigenvalue weighted by Crippen LogP contribution is 2.16. The second-order valence-electron chi connectivity index (χ2n) is 7.59. The van der Waals surface area contributed by atoms with Gasteiger partial charge in [-0.1, -0.05) is 53.4 Å². The van der Waals surface area contributed by atoms with E-state index >= 15 is 0 Å². The summed E-state index contributed by atoms with van der Waals surface area (Å²) in [6.07, 6.45) is 16.6. The van der Waals surface area contributed by atoms with Gasteiger partial charge in [0.2, 0.25) is 0 Å². The maximum absolute atomic E-state index is 3.95. The zero-order valence-electron chi connectivity index (χ0n) is 18.1. The van der Waals surface area contributed by atoms with Gasteiger partial charge in [-0.15, -0.1) is 0 Å². The number of aromatic amines is 1. The van der Waals surface area contributed by atoms with Crippen LogP contribution in [0.3, 0.4) is 0 Å². The molecule has 2 aromatic rings. The fourth-order valence-corrected chi connectivity index (χ4v) is 3.54. The molecule has 0 unspecified atom stereocenters. The lowest BCUT2D eigenvalue weighted by molar-refractivity contribution is -0.929. The Bertz CT molecular complexity index is 500. The lowest BCUT2D eigenvalue weighted by Crippen LogP contribution is -3.00. The van der Waals surface area contributed by atoms with Crippen molar-refractivity contribution in [3.63, 3.8) is 0 Å². The first-order valence-electron chi connectivity index (χ1n) is 10.9. The quantitative estimate of drug-likeness (QED) is 0.503. The highest BCUT2D eigenvalue weighted by atomic mass is 79.9. The van der Waals surface area contributed by atoms with Gasteiger partial charge in [0, 0.05) is 17.8 Å². The van der Waals surface area contributed by atoms with Gasteiger partial charge in [-0.25, -0.2) is 0 Å². The third kappa shape index (κ3) is 10.3. The number of halogens is 1. The number of fused-ring (bicyclic) bond motifs is 1. The fraction of sp³-hybridized carbons (Fsp3) is 0.696. The Morgan fingerprint density at radius 1 is 0.778 bits per heavy atom. The summed E-state index contributed by atoms with van der Waals surface area (Å²) in [5, 5.41) is 1.21. The van der Waals surface area contributed by atoms with Gasteiger partial charge in [-0.3, -0.25) is 4.98 Å². The standard InChI is InChI=1S/C16H36N.C7H6N2.BrH/c1-5-9-13-17(14-10-6-2,15-11-7-3)16-12-8-4;1-3-8-5-7-6(1)2-4-9-7;/h5-16H2,1-4H3;1-5,9H;1H/q+1;;/p-1. The lowest BCUT2D eigenvalue weighted by atomic mass is 10.1. The summed E-state index contributed by atoms with van der Waals surface area (Å²) in [7, 11) is 0. The summed E-state index contributed by atoms with van der Waals surface area (Å²) >= 11 is 0. The normalized spacial score (nSPS) is 11.0. The molecule has 2 aromatic heterocycles. The maximum atomic E-state index is 3.95. The second kappa shape index (κ2) is 16.1. The Hall–Kier alpha value is -0.870. The van der Waals surface area contributed by atoms with Crippen LogP contribution in [0.2, 0.25) is 0 Å². The van der Waals surface area contributed by atoms with E-state index in [1.165, 1.54) is 87.4 Å². The fourth-order valence-electron chi connectivity index (χ4n) is 3.54. The summed E-state index contributed by atoms with van der Waals surface area (Å²) in [4.78, 5) is 7.01. The average molecular weight is 441 g/mol. The molecule has 0 aliphatic carbocycles. The number of aromatic nitrogens is 2. The van der Waals surface area contributed by atoms with Crippen LogP contribution < -0.4 is 17.0 Å².